The van der Waals surface area contributed by atoms with Gasteiger partial charge >= 0.3 is 0 Å². The van der Waals surface area contributed by atoms with E-state index in [4.69, 9.17) is 11.6 Å². The van der Waals surface area contributed by atoms with Crippen molar-refractivity contribution in [3.05, 3.63) is 69.3 Å². The van der Waals surface area contributed by atoms with Gasteiger partial charge in [-0.25, -0.2) is 9.97 Å². The van der Waals surface area contributed by atoms with Gasteiger partial charge in [-0.15, -0.1) is 11.3 Å². The second-order valence-electron chi connectivity index (χ2n) is 6.57. The third-order valence-electron chi connectivity index (χ3n) is 4.47. The van der Waals surface area contributed by atoms with Gasteiger partial charge in [0.25, 0.3) is 5.56 Å². The first-order valence-electron chi connectivity index (χ1n) is 9.07. The van der Waals surface area contributed by atoms with E-state index in [1.807, 2.05) is 23.6 Å². The number of thiazole rings is 1. The van der Waals surface area contributed by atoms with Crippen molar-refractivity contribution >= 4 is 56.6 Å². The van der Waals surface area contributed by atoms with E-state index < -0.39 is 5.25 Å². The maximum absolute atomic E-state index is 12.7. The molecule has 30 heavy (non-hydrogen) atoms. The standard InChI is InChI=1S/C21H17ClN4O2S2/c1-12(30-21-24-16-6-4-3-5-15(16)19(28)26(21)2)18(27)25-20-23-17(11-29-20)13-7-9-14(22)10-8-13/h3-12H,1-2H3,(H,23,25,27). The number of aromatic nitrogens is 3. The molecule has 1 unspecified atom stereocenters. The molecule has 0 radical (unpaired) electrons. The predicted octanol–water partition coefficient (Wildman–Crippen LogP) is 4.83. The minimum Gasteiger partial charge on any atom is -0.301 e. The Balaban J connectivity index is 1.48. The summed E-state index contributed by atoms with van der Waals surface area (Å²) < 4.78 is 1.47. The lowest BCUT2D eigenvalue weighted by Gasteiger charge is -2.13. The lowest BCUT2D eigenvalue weighted by atomic mass is 10.2. The molecule has 0 aliphatic heterocycles. The summed E-state index contributed by atoms with van der Waals surface area (Å²) in [5.41, 5.74) is 2.17. The molecule has 152 valence electrons. The SMILES string of the molecule is CC(Sc1nc2ccccc2c(=O)n1C)C(=O)Nc1nc(-c2ccc(Cl)cc2)cs1. The number of rotatable bonds is 5. The van der Waals surface area contributed by atoms with Crippen LogP contribution in [0.15, 0.2) is 63.9 Å². The molecule has 2 aromatic carbocycles. The number of halogens is 1. The lowest BCUT2D eigenvalue weighted by molar-refractivity contribution is -0.115. The summed E-state index contributed by atoms with van der Waals surface area (Å²) in [6.45, 7) is 1.77. The Morgan fingerprint density at radius 1 is 1.17 bits per heavy atom. The van der Waals surface area contributed by atoms with Gasteiger partial charge in [0.05, 0.1) is 21.8 Å². The minimum absolute atomic E-state index is 0.136. The van der Waals surface area contributed by atoms with E-state index in [0.717, 1.165) is 11.3 Å². The molecule has 1 N–H and O–H groups in total. The van der Waals surface area contributed by atoms with Crippen LogP contribution < -0.4 is 10.9 Å². The molecule has 9 heteroatoms. The molecule has 1 atom stereocenters. The minimum atomic E-state index is -0.466. The van der Waals surface area contributed by atoms with Crippen LogP contribution in [0.1, 0.15) is 6.92 Å². The number of carbonyl (C=O) groups is 1. The Morgan fingerprint density at radius 2 is 1.90 bits per heavy atom. The number of anilines is 1. The van der Waals surface area contributed by atoms with Gasteiger partial charge in [0.15, 0.2) is 10.3 Å². The molecular formula is C21H17ClN4O2S2. The lowest BCUT2D eigenvalue weighted by Crippen LogP contribution is -2.25. The van der Waals surface area contributed by atoms with Crippen molar-refractivity contribution in [1.29, 1.82) is 0 Å². The summed E-state index contributed by atoms with van der Waals surface area (Å²) in [6.07, 6.45) is 0. The zero-order valence-electron chi connectivity index (χ0n) is 16.1. The molecule has 2 heterocycles. The van der Waals surface area contributed by atoms with Gasteiger partial charge in [-0.1, -0.05) is 47.6 Å². The molecule has 0 saturated carbocycles. The highest BCUT2D eigenvalue weighted by Gasteiger charge is 2.19. The second kappa shape index (κ2) is 8.59. The fourth-order valence-corrected chi connectivity index (χ4v) is 4.53. The first kappa shape index (κ1) is 20.6. The summed E-state index contributed by atoms with van der Waals surface area (Å²) in [7, 11) is 1.66. The van der Waals surface area contributed by atoms with Crippen LogP contribution in [0.5, 0.6) is 0 Å². The Bertz CT molecular complexity index is 1280. The molecule has 0 bridgehead atoms. The molecule has 4 rings (SSSR count). The Labute approximate surface area is 185 Å². The van der Waals surface area contributed by atoms with E-state index in [0.29, 0.717) is 26.2 Å². The number of nitrogens with one attached hydrogen (secondary N) is 1. The van der Waals surface area contributed by atoms with Crippen LogP contribution in [0, 0.1) is 0 Å². The van der Waals surface area contributed by atoms with E-state index in [2.05, 4.69) is 15.3 Å². The van der Waals surface area contributed by atoms with Gasteiger partial charge in [-0.3, -0.25) is 14.2 Å². The average Bonchev–Trinajstić information content (AvgIpc) is 3.20. The molecule has 0 spiro atoms. The van der Waals surface area contributed by atoms with Crippen molar-refractivity contribution in [2.75, 3.05) is 5.32 Å². The van der Waals surface area contributed by atoms with Gasteiger partial charge in [0.1, 0.15) is 0 Å². The topological polar surface area (TPSA) is 76.9 Å². The molecule has 0 fully saturated rings. The van der Waals surface area contributed by atoms with E-state index in [1.165, 1.54) is 27.7 Å². The van der Waals surface area contributed by atoms with Gasteiger partial charge in [0.2, 0.25) is 5.91 Å². The Hall–Kier alpha value is -2.68. The van der Waals surface area contributed by atoms with Gasteiger partial charge < -0.3 is 5.32 Å². The molecule has 2 aromatic heterocycles. The molecule has 0 aliphatic rings. The van der Waals surface area contributed by atoms with Crippen LogP contribution in [-0.4, -0.2) is 25.7 Å². The monoisotopic (exact) mass is 456 g/mol. The Kier molecular flexibility index (Phi) is 5.90. The third-order valence-corrected chi connectivity index (χ3v) is 6.62. The summed E-state index contributed by atoms with van der Waals surface area (Å²) >= 11 is 8.51. The van der Waals surface area contributed by atoms with Crippen molar-refractivity contribution in [3.8, 4) is 11.3 Å². The highest BCUT2D eigenvalue weighted by atomic mass is 35.5. The van der Waals surface area contributed by atoms with Crippen molar-refractivity contribution < 1.29 is 4.79 Å². The molecular weight excluding hydrogens is 440 g/mol. The quantitative estimate of drug-likeness (QED) is 0.344. The fourth-order valence-electron chi connectivity index (χ4n) is 2.81. The van der Waals surface area contributed by atoms with Gasteiger partial charge in [-0.05, 0) is 31.2 Å². The number of hydrogen-bond acceptors (Lipinski definition) is 6. The number of para-hydroxylation sites is 1. The van der Waals surface area contributed by atoms with Crippen molar-refractivity contribution in [2.45, 2.75) is 17.3 Å². The largest absolute Gasteiger partial charge is 0.301 e. The number of benzene rings is 2. The normalized spacial score (nSPS) is 12.1. The van der Waals surface area contributed by atoms with Crippen molar-refractivity contribution in [3.63, 3.8) is 0 Å². The maximum Gasteiger partial charge on any atom is 0.261 e. The van der Waals surface area contributed by atoms with Crippen molar-refractivity contribution in [2.24, 2.45) is 7.05 Å². The van der Waals surface area contributed by atoms with Crippen LogP contribution in [0.3, 0.4) is 0 Å². The molecule has 0 aliphatic carbocycles. The predicted molar refractivity (Wildman–Crippen MR) is 123 cm³/mol. The van der Waals surface area contributed by atoms with Gasteiger partial charge in [-0.2, -0.15) is 0 Å². The zero-order chi connectivity index (χ0) is 21.3. The maximum atomic E-state index is 12.7. The van der Waals surface area contributed by atoms with E-state index in [9.17, 15) is 9.59 Å². The summed E-state index contributed by atoms with van der Waals surface area (Å²) in [5, 5.41) is 6.47. The number of carbonyl (C=O) groups excluding carboxylic acids is 1. The van der Waals surface area contributed by atoms with Crippen LogP contribution in [0.4, 0.5) is 5.13 Å². The number of fused-ring (bicyclic) bond motifs is 1. The Morgan fingerprint density at radius 3 is 2.67 bits per heavy atom. The highest BCUT2D eigenvalue weighted by molar-refractivity contribution is 8.00. The fraction of sp³-hybridized carbons (Fsp3) is 0.143. The molecule has 4 aromatic rings. The molecule has 6 nitrogen and oxygen atoms in total. The van der Waals surface area contributed by atoms with Gasteiger partial charge in [0, 0.05) is 23.0 Å². The highest BCUT2D eigenvalue weighted by Crippen LogP contribution is 2.27. The molecule has 1 amide bonds. The first-order chi connectivity index (χ1) is 14.4. The van der Waals surface area contributed by atoms with E-state index in [-0.39, 0.29) is 11.5 Å². The smallest absolute Gasteiger partial charge is 0.261 e. The van der Waals surface area contributed by atoms with Crippen LogP contribution in [0.2, 0.25) is 5.02 Å². The summed E-state index contributed by atoms with van der Waals surface area (Å²) in [5.74, 6) is -0.209. The number of thioether (sulfide) groups is 1. The average molecular weight is 457 g/mol. The first-order valence-corrected chi connectivity index (χ1v) is 11.2. The third kappa shape index (κ3) is 4.26. The van der Waals surface area contributed by atoms with Crippen LogP contribution >= 0.6 is 34.7 Å². The zero-order valence-corrected chi connectivity index (χ0v) is 18.5. The van der Waals surface area contributed by atoms with E-state index in [1.54, 1.807) is 44.3 Å². The van der Waals surface area contributed by atoms with Crippen LogP contribution in [-0.2, 0) is 11.8 Å². The summed E-state index contributed by atoms with van der Waals surface area (Å²) in [4.78, 5) is 34.2. The summed E-state index contributed by atoms with van der Waals surface area (Å²) in [6, 6.07) is 14.5. The number of hydrogen-bond donors (Lipinski definition) is 1. The van der Waals surface area contributed by atoms with E-state index >= 15 is 0 Å². The van der Waals surface area contributed by atoms with Crippen molar-refractivity contribution in [1.82, 2.24) is 14.5 Å². The number of nitrogens with zero attached hydrogens (tertiary/aromatic N) is 3. The van der Waals surface area contributed by atoms with Crippen LogP contribution in [0.25, 0.3) is 22.2 Å². The second-order valence-corrected chi connectivity index (χ2v) is 9.17. The number of amides is 1. The molecule has 0 saturated heterocycles.